The Labute approximate surface area is 160 Å². The van der Waals surface area contributed by atoms with Gasteiger partial charge in [0, 0.05) is 52.2 Å². The van der Waals surface area contributed by atoms with Crippen molar-refractivity contribution in [3.63, 3.8) is 0 Å². The van der Waals surface area contributed by atoms with Gasteiger partial charge in [0.1, 0.15) is 6.61 Å². The maximum Gasteiger partial charge on any atom is 0.257 e. The van der Waals surface area contributed by atoms with Crippen LogP contribution < -0.4 is 0 Å². The Hall–Kier alpha value is -1.93. The second-order valence-electron chi connectivity index (χ2n) is 7.26. The number of nitrogens with zero attached hydrogens (tertiary/aromatic N) is 4. The molecule has 3 heterocycles. The van der Waals surface area contributed by atoms with Crippen molar-refractivity contribution in [3.05, 3.63) is 17.5 Å². The number of rotatable bonds is 6. The maximum absolute atomic E-state index is 13.0. The Morgan fingerprint density at radius 2 is 2.04 bits per heavy atom. The SMILES string of the molecule is CCn1cc(C(=O)N2CCC(N(C(=O)COC)C3CCOCC3)C2)c(C)n1. The van der Waals surface area contributed by atoms with Crippen LogP contribution in [0.25, 0.3) is 0 Å². The van der Waals surface area contributed by atoms with Crippen molar-refractivity contribution in [1.82, 2.24) is 19.6 Å². The van der Waals surface area contributed by atoms with Gasteiger partial charge >= 0.3 is 0 Å². The van der Waals surface area contributed by atoms with Gasteiger partial charge in [0.15, 0.2) is 0 Å². The molecule has 0 aliphatic carbocycles. The number of ether oxygens (including phenoxy) is 2. The maximum atomic E-state index is 13.0. The summed E-state index contributed by atoms with van der Waals surface area (Å²) in [5.41, 5.74) is 1.40. The first-order valence-electron chi connectivity index (χ1n) is 9.76. The monoisotopic (exact) mass is 378 g/mol. The third-order valence-corrected chi connectivity index (χ3v) is 5.48. The number of carbonyl (C=O) groups excluding carboxylic acids is 2. The zero-order valence-electron chi connectivity index (χ0n) is 16.5. The third-order valence-electron chi connectivity index (χ3n) is 5.48. The van der Waals surface area contributed by atoms with E-state index in [9.17, 15) is 9.59 Å². The first-order chi connectivity index (χ1) is 13.0. The van der Waals surface area contributed by atoms with E-state index in [4.69, 9.17) is 9.47 Å². The van der Waals surface area contributed by atoms with Gasteiger partial charge < -0.3 is 19.3 Å². The Balaban J connectivity index is 1.71. The van der Waals surface area contributed by atoms with E-state index in [0.717, 1.165) is 31.5 Å². The summed E-state index contributed by atoms with van der Waals surface area (Å²) < 4.78 is 12.3. The Morgan fingerprint density at radius 1 is 1.30 bits per heavy atom. The lowest BCUT2D eigenvalue weighted by Gasteiger charge is -2.38. The average molecular weight is 378 g/mol. The number of aromatic nitrogens is 2. The van der Waals surface area contributed by atoms with E-state index in [2.05, 4.69) is 5.10 Å². The first-order valence-corrected chi connectivity index (χ1v) is 9.76. The number of carbonyl (C=O) groups is 2. The van der Waals surface area contributed by atoms with E-state index in [1.54, 1.807) is 11.8 Å². The summed E-state index contributed by atoms with van der Waals surface area (Å²) in [6.45, 7) is 7.23. The lowest BCUT2D eigenvalue weighted by molar-refractivity contribution is -0.142. The van der Waals surface area contributed by atoms with Crippen LogP contribution >= 0.6 is 0 Å². The third kappa shape index (κ3) is 4.32. The molecule has 0 radical (unpaired) electrons. The first kappa shape index (κ1) is 19.8. The molecule has 27 heavy (non-hydrogen) atoms. The minimum atomic E-state index is -0.00122. The minimum Gasteiger partial charge on any atom is -0.381 e. The van der Waals surface area contributed by atoms with Crippen molar-refractivity contribution in [2.75, 3.05) is 40.0 Å². The van der Waals surface area contributed by atoms with Crippen molar-refractivity contribution in [1.29, 1.82) is 0 Å². The number of likely N-dealkylation sites (tertiary alicyclic amines) is 1. The van der Waals surface area contributed by atoms with Crippen LogP contribution in [0.1, 0.15) is 42.2 Å². The number of aryl methyl sites for hydroxylation is 2. The molecule has 2 aliphatic rings. The molecule has 1 aromatic rings. The molecular weight excluding hydrogens is 348 g/mol. The summed E-state index contributed by atoms with van der Waals surface area (Å²) in [5, 5.41) is 4.38. The van der Waals surface area contributed by atoms with Gasteiger partial charge in [0.25, 0.3) is 5.91 Å². The molecule has 1 atom stereocenters. The highest BCUT2D eigenvalue weighted by molar-refractivity contribution is 5.95. The topological polar surface area (TPSA) is 76.9 Å². The molecule has 2 saturated heterocycles. The summed E-state index contributed by atoms with van der Waals surface area (Å²) in [4.78, 5) is 29.5. The molecule has 8 heteroatoms. The molecule has 0 N–H and O–H groups in total. The fourth-order valence-corrected chi connectivity index (χ4v) is 4.08. The largest absolute Gasteiger partial charge is 0.381 e. The second-order valence-corrected chi connectivity index (χ2v) is 7.26. The Bertz CT molecular complexity index is 669. The van der Waals surface area contributed by atoms with Crippen molar-refractivity contribution in [2.45, 2.75) is 51.7 Å². The Kier molecular flexibility index (Phi) is 6.49. The second kappa shape index (κ2) is 8.84. The summed E-state index contributed by atoms with van der Waals surface area (Å²) in [6, 6.07) is 0.187. The van der Waals surface area contributed by atoms with Crippen LogP contribution in [-0.4, -0.2) is 83.5 Å². The fourth-order valence-electron chi connectivity index (χ4n) is 4.08. The summed E-state index contributed by atoms with van der Waals surface area (Å²) in [7, 11) is 1.54. The smallest absolute Gasteiger partial charge is 0.257 e. The molecule has 0 bridgehead atoms. The van der Waals surface area contributed by atoms with Crippen LogP contribution in [0.15, 0.2) is 6.20 Å². The zero-order chi connectivity index (χ0) is 19.4. The van der Waals surface area contributed by atoms with E-state index in [-0.39, 0.29) is 30.5 Å². The van der Waals surface area contributed by atoms with Gasteiger partial charge in [-0.1, -0.05) is 0 Å². The fraction of sp³-hybridized carbons (Fsp3) is 0.737. The number of methoxy groups -OCH3 is 1. The summed E-state index contributed by atoms with van der Waals surface area (Å²) >= 11 is 0. The predicted molar refractivity (Wildman–Crippen MR) is 99.5 cm³/mol. The molecule has 150 valence electrons. The molecule has 2 aliphatic heterocycles. The van der Waals surface area contributed by atoms with Gasteiger partial charge in [0.05, 0.1) is 17.3 Å². The van der Waals surface area contributed by atoms with Crippen molar-refractivity contribution in [3.8, 4) is 0 Å². The molecule has 0 spiro atoms. The van der Waals surface area contributed by atoms with Crippen LogP contribution in [0, 0.1) is 6.92 Å². The molecule has 3 rings (SSSR count). The quantitative estimate of drug-likeness (QED) is 0.740. The molecule has 1 unspecified atom stereocenters. The van der Waals surface area contributed by atoms with E-state index in [1.807, 2.05) is 29.8 Å². The normalized spacial score (nSPS) is 20.9. The highest BCUT2D eigenvalue weighted by atomic mass is 16.5. The van der Waals surface area contributed by atoms with E-state index in [0.29, 0.717) is 31.9 Å². The number of hydrogen-bond acceptors (Lipinski definition) is 5. The summed E-state index contributed by atoms with van der Waals surface area (Å²) in [6.07, 6.45) is 4.28. The van der Waals surface area contributed by atoms with E-state index < -0.39 is 0 Å². The van der Waals surface area contributed by atoms with E-state index >= 15 is 0 Å². The highest BCUT2D eigenvalue weighted by Crippen LogP contribution is 2.25. The van der Waals surface area contributed by atoms with Crippen molar-refractivity contribution in [2.24, 2.45) is 0 Å². The van der Waals surface area contributed by atoms with Crippen LogP contribution in [-0.2, 0) is 20.8 Å². The molecule has 0 aromatic carbocycles. The minimum absolute atomic E-state index is 0.000757. The van der Waals surface area contributed by atoms with Crippen LogP contribution in [0.3, 0.4) is 0 Å². The molecular formula is C19H30N4O4. The van der Waals surface area contributed by atoms with Gasteiger partial charge in [-0.2, -0.15) is 5.10 Å². The van der Waals surface area contributed by atoms with Gasteiger partial charge in [-0.3, -0.25) is 14.3 Å². The molecule has 2 fully saturated rings. The lowest BCUT2D eigenvalue weighted by Crippen LogP contribution is -2.51. The molecule has 8 nitrogen and oxygen atoms in total. The number of hydrogen-bond donors (Lipinski definition) is 0. The van der Waals surface area contributed by atoms with Crippen LogP contribution in [0.2, 0.25) is 0 Å². The lowest BCUT2D eigenvalue weighted by atomic mass is 10.0. The van der Waals surface area contributed by atoms with Crippen molar-refractivity contribution >= 4 is 11.8 Å². The van der Waals surface area contributed by atoms with Crippen molar-refractivity contribution < 1.29 is 19.1 Å². The Morgan fingerprint density at radius 3 is 2.67 bits per heavy atom. The zero-order valence-corrected chi connectivity index (χ0v) is 16.5. The van der Waals surface area contributed by atoms with Gasteiger partial charge in [-0.15, -0.1) is 0 Å². The van der Waals surface area contributed by atoms with Crippen LogP contribution in [0.4, 0.5) is 0 Å². The number of amides is 2. The molecule has 0 saturated carbocycles. The predicted octanol–water partition coefficient (Wildman–Crippen LogP) is 1.08. The highest BCUT2D eigenvalue weighted by Gasteiger charge is 2.37. The summed E-state index contributed by atoms with van der Waals surface area (Å²) in [5.74, 6) is -0.000463. The van der Waals surface area contributed by atoms with E-state index in [1.165, 1.54) is 0 Å². The average Bonchev–Trinajstić information content (AvgIpc) is 3.29. The van der Waals surface area contributed by atoms with Crippen LogP contribution in [0.5, 0.6) is 0 Å². The van der Waals surface area contributed by atoms with Gasteiger partial charge in [0.2, 0.25) is 5.91 Å². The molecule has 1 aromatic heterocycles. The van der Waals surface area contributed by atoms with Gasteiger partial charge in [-0.25, -0.2) is 0 Å². The van der Waals surface area contributed by atoms with Gasteiger partial charge in [-0.05, 0) is 33.1 Å². The standard InChI is InChI=1S/C19H30N4O4/c1-4-22-12-17(14(2)20-22)19(25)21-8-5-16(11-21)23(18(24)13-26-3)15-6-9-27-10-7-15/h12,15-16H,4-11,13H2,1-3H3. The molecule has 2 amide bonds.